The monoisotopic (exact) mass is 224 g/mol. The van der Waals surface area contributed by atoms with Crippen LogP contribution in [0.1, 0.15) is 13.3 Å². The van der Waals surface area contributed by atoms with Crippen LogP contribution in [-0.2, 0) is 0 Å². The van der Waals surface area contributed by atoms with E-state index >= 15 is 0 Å². The number of aliphatic hydroxyl groups is 1. The van der Waals surface area contributed by atoms with E-state index in [-0.39, 0.29) is 19.7 Å². The third-order valence-electron chi connectivity index (χ3n) is 1.95. The summed E-state index contributed by atoms with van der Waals surface area (Å²) in [6, 6.07) is 1.24. The Hall–Kier alpha value is -0.800. The van der Waals surface area contributed by atoms with Gasteiger partial charge in [0.15, 0.2) is 5.92 Å². The van der Waals surface area contributed by atoms with Gasteiger partial charge in [0, 0.05) is 13.1 Å². The lowest BCUT2D eigenvalue weighted by atomic mass is 10.1. The summed E-state index contributed by atoms with van der Waals surface area (Å²) >= 11 is 0. The molecule has 0 aliphatic heterocycles. The third kappa shape index (κ3) is 5.60. The average molecular weight is 224 g/mol. The molecule has 0 aromatic heterocycles. The number of aliphatic hydroxyl groups excluding tert-OH is 1. The summed E-state index contributed by atoms with van der Waals surface area (Å²) in [5.41, 5.74) is 0. The fraction of sp³-hybridized carbons (Fsp3) is 0.889. The summed E-state index contributed by atoms with van der Waals surface area (Å²) in [5.74, 6) is -1.98. The second kappa shape index (κ2) is 6.64. The minimum absolute atomic E-state index is 0.169. The number of hydrogen-bond donors (Lipinski definition) is 1. The van der Waals surface area contributed by atoms with E-state index in [9.17, 15) is 13.2 Å². The van der Waals surface area contributed by atoms with Crippen LogP contribution >= 0.6 is 0 Å². The van der Waals surface area contributed by atoms with Crippen molar-refractivity contribution in [1.29, 1.82) is 5.26 Å². The minimum atomic E-state index is -4.49. The van der Waals surface area contributed by atoms with Gasteiger partial charge in [-0.05, 0) is 13.0 Å². The van der Waals surface area contributed by atoms with Crippen LogP contribution in [0.5, 0.6) is 0 Å². The molecule has 1 N–H and O–H groups in total. The zero-order chi connectivity index (χ0) is 11.9. The van der Waals surface area contributed by atoms with Gasteiger partial charge in [0.25, 0.3) is 0 Å². The molecule has 0 saturated carbocycles. The Labute approximate surface area is 87.1 Å². The van der Waals surface area contributed by atoms with Gasteiger partial charge in [-0.15, -0.1) is 0 Å². The highest BCUT2D eigenvalue weighted by Crippen LogP contribution is 2.26. The van der Waals surface area contributed by atoms with Crippen molar-refractivity contribution in [2.24, 2.45) is 5.92 Å². The van der Waals surface area contributed by atoms with Gasteiger partial charge < -0.3 is 5.11 Å². The van der Waals surface area contributed by atoms with Crippen LogP contribution in [0, 0.1) is 17.2 Å². The van der Waals surface area contributed by atoms with Crippen LogP contribution in [0.15, 0.2) is 0 Å². The van der Waals surface area contributed by atoms with Crippen molar-refractivity contribution in [1.82, 2.24) is 4.90 Å². The van der Waals surface area contributed by atoms with E-state index in [0.717, 1.165) is 0 Å². The van der Waals surface area contributed by atoms with E-state index in [2.05, 4.69) is 0 Å². The molecule has 0 bridgehead atoms. The normalized spacial score (nSPS) is 13.9. The quantitative estimate of drug-likeness (QED) is 0.741. The smallest absolute Gasteiger partial charge is 0.395 e. The van der Waals surface area contributed by atoms with Gasteiger partial charge >= 0.3 is 6.18 Å². The summed E-state index contributed by atoms with van der Waals surface area (Å²) < 4.78 is 36.7. The highest BCUT2D eigenvalue weighted by Gasteiger charge is 2.40. The molecule has 0 aromatic carbocycles. The first kappa shape index (κ1) is 14.2. The number of nitriles is 1. The standard InChI is InChI=1S/C9H15F3N2O/c1-2-3-14(4-5-15)7-8(6-13)9(10,11)12/h8,15H,2-5,7H2,1H3. The molecule has 0 aliphatic rings. The zero-order valence-electron chi connectivity index (χ0n) is 8.59. The van der Waals surface area contributed by atoms with Gasteiger partial charge in [-0.25, -0.2) is 0 Å². The van der Waals surface area contributed by atoms with Crippen LogP contribution in [0.2, 0.25) is 0 Å². The Morgan fingerprint density at radius 2 is 2.00 bits per heavy atom. The van der Waals surface area contributed by atoms with Crippen molar-refractivity contribution < 1.29 is 18.3 Å². The first-order valence-electron chi connectivity index (χ1n) is 4.75. The molecule has 0 heterocycles. The molecule has 88 valence electrons. The Balaban J connectivity index is 4.30. The predicted molar refractivity (Wildman–Crippen MR) is 49.0 cm³/mol. The van der Waals surface area contributed by atoms with E-state index < -0.39 is 12.1 Å². The fourth-order valence-corrected chi connectivity index (χ4v) is 1.23. The predicted octanol–water partition coefficient (Wildman–Crippen LogP) is 1.39. The van der Waals surface area contributed by atoms with Crippen LogP contribution < -0.4 is 0 Å². The van der Waals surface area contributed by atoms with E-state index in [1.54, 1.807) is 0 Å². The van der Waals surface area contributed by atoms with Crippen molar-refractivity contribution in [3.8, 4) is 6.07 Å². The van der Waals surface area contributed by atoms with Gasteiger partial charge in [-0.3, -0.25) is 4.90 Å². The molecule has 3 nitrogen and oxygen atoms in total. The molecular weight excluding hydrogens is 209 g/mol. The van der Waals surface area contributed by atoms with Crippen LogP contribution in [-0.4, -0.2) is 42.4 Å². The van der Waals surface area contributed by atoms with Gasteiger partial charge in [0.2, 0.25) is 0 Å². The lowest BCUT2D eigenvalue weighted by Crippen LogP contribution is -2.38. The van der Waals surface area contributed by atoms with Crippen molar-refractivity contribution in [3.05, 3.63) is 0 Å². The fourth-order valence-electron chi connectivity index (χ4n) is 1.23. The second-order valence-corrected chi connectivity index (χ2v) is 3.25. The average Bonchev–Trinajstić information content (AvgIpc) is 2.12. The highest BCUT2D eigenvalue weighted by atomic mass is 19.4. The lowest BCUT2D eigenvalue weighted by molar-refractivity contribution is -0.163. The summed E-state index contributed by atoms with van der Waals surface area (Å²) in [4.78, 5) is 1.45. The van der Waals surface area contributed by atoms with Gasteiger partial charge in [0.05, 0.1) is 12.7 Å². The van der Waals surface area contributed by atoms with E-state index in [1.165, 1.54) is 11.0 Å². The molecule has 0 rings (SSSR count). The maximum atomic E-state index is 12.2. The molecule has 15 heavy (non-hydrogen) atoms. The van der Waals surface area contributed by atoms with Gasteiger partial charge in [-0.1, -0.05) is 6.92 Å². The van der Waals surface area contributed by atoms with Gasteiger partial charge in [-0.2, -0.15) is 18.4 Å². The largest absolute Gasteiger partial charge is 0.405 e. The van der Waals surface area contributed by atoms with Crippen molar-refractivity contribution in [2.75, 3.05) is 26.2 Å². The lowest BCUT2D eigenvalue weighted by Gasteiger charge is -2.24. The number of alkyl halides is 3. The third-order valence-corrected chi connectivity index (χ3v) is 1.95. The molecule has 0 aromatic rings. The summed E-state index contributed by atoms with van der Waals surface area (Å²) in [6.07, 6.45) is -3.80. The molecule has 0 fully saturated rings. The summed E-state index contributed by atoms with van der Waals surface area (Å²) in [6.45, 7) is 1.89. The molecule has 1 unspecified atom stereocenters. The van der Waals surface area contributed by atoms with Crippen molar-refractivity contribution in [2.45, 2.75) is 19.5 Å². The minimum Gasteiger partial charge on any atom is -0.395 e. The summed E-state index contributed by atoms with van der Waals surface area (Å²) in [5, 5.41) is 17.0. The molecule has 1 atom stereocenters. The molecule has 0 aliphatic carbocycles. The Morgan fingerprint density at radius 3 is 2.33 bits per heavy atom. The number of halogens is 3. The first-order valence-corrected chi connectivity index (χ1v) is 4.75. The Kier molecular flexibility index (Phi) is 6.29. The van der Waals surface area contributed by atoms with E-state index in [0.29, 0.717) is 13.0 Å². The Bertz CT molecular complexity index is 206. The maximum absolute atomic E-state index is 12.2. The second-order valence-electron chi connectivity index (χ2n) is 3.25. The van der Waals surface area contributed by atoms with E-state index in [4.69, 9.17) is 10.4 Å². The number of nitrogens with zero attached hydrogens (tertiary/aromatic N) is 2. The number of hydrogen-bond acceptors (Lipinski definition) is 3. The molecular formula is C9H15F3N2O. The van der Waals surface area contributed by atoms with Crippen molar-refractivity contribution >= 4 is 0 Å². The van der Waals surface area contributed by atoms with Crippen LogP contribution in [0.25, 0.3) is 0 Å². The molecule has 0 saturated heterocycles. The first-order chi connectivity index (χ1) is 6.95. The molecule has 0 radical (unpaired) electrons. The number of rotatable bonds is 6. The van der Waals surface area contributed by atoms with E-state index in [1.807, 2.05) is 6.92 Å². The van der Waals surface area contributed by atoms with Crippen LogP contribution in [0.3, 0.4) is 0 Å². The Morgan fingerprint density at radius 1 is 1.40 bits per heavy atom. The molecule has 6 heteroatoms. The van der Waals surface area contributed by atoms with Gasteiger partial charge in [0.1, 0.15) is 0 Å². The molecule has 0 amide bonds. The summed E-state index contributed by atoms with van der Waals surface area (Å²) in [7, 11) is 0. The zero-order valence-corrected chi connectivity index (χ0v) is 8.59. The SMILES string of the molecule is CCCN(CCO)CC(C#N)C(F)(F)F. The highest BCUT2D eigenvalue weighted by molar-refractivity contribution is 4.90. The maximum Gasteiger partial charge on any atom is 0.405 e. The topological polar surface area (TPSA) is 47.3 Å². The van der Waals surface area contributed by atoms with Crippen molar-refractivity contribution in [3.63, 3.8) is 0 Å². The van der Waals surface area contributed by atoms with Crippen LogP contribution in [0.4, 0.5) is 13.2 Å². The molecule has 0 spiro atoms.